The number of hydrogen-bond acceptors (Lipinski definition) is 7. The number of aromatic nitrogens is 2. The van der Waals surface area contributed by atoms with E-state index in [1.165, 1.54) is 0 Å². The SMILES string of the molecule is CN(C)C1CN(c2nc(Cl)nc(CNC(=O)[C@H](CC3CCCC3)CN(O)C=O)c2F)CC12CC2. The molecule has 2 N–H and O–H groups in total. The highest BCUT2D eigenvalue weighted by atomic mass is 35.5. The van der Waals surface area contributed by atoms with Crippen molar-refractivity contribution in [2.24, 2.45) is 17.3 Å². The van der Waals surface area contributed by atoms with Crippen LogP contribution in [0.5, 0.6) is 0 Å². The fourth-order valence-electron chi connectivity index (χ4n) is 5.75. The number of rotatable bonds is 10. The van der Waals surface area contributed by atoms with Crippen LogP contribution in [0.15, 0.2) is 0 Å². The molecule has 1 unspecified atom stereocenters. The van der Waals surface area contributed by atoms with Gasteiger partial charge in [0.05, 0.1) is 19.0 Å². The zero-order chi connectivity index (χ0) is 24.5. The highest BCUT2D eigenvalue weighted by molar-refractivity contribution is 6.28. The molecule has 2 amide bonds. The first-order valence-electron chi connectivity index (χ1n) is 12.0. The molecule has 2 heterocycles. The molecule has 2 saturated carbocycles. The number of hydroxylamine groups is 2. The second kappa shape index (κ2) is 10.3. The molecule has 2 atom stereocenters. The summed E-state index contributed by atoms with van der Waals surface area (Å²) < 4.78 is 15.5. The summed E-state index contributed by atoms with van der Waals surface area (Å²) in [6.07, 6.45) is 7.37. The number of anilines is 1. The molecule has 4 rings (SSSR count). The number of amides is 2. The quantitative estimate of drug-likeness (QED) is 0.222. The maximum Gasteiger partial charge on any atom is 0.233 e. The van der Waals surface area contributed by atoms with Gasteiger partial charge in [0, 0.05) is 24.5 Å². The monoisotopic (exact) mass is 496 g/mol. The Labute approximate surface area is 204 Å². The molecule has 3 aliphatic rings. The molecule has 0 aromatic carbocycles. The molecular formula is C23H34ClFN6O3. The Bertz CT molecular complexity index is 909. The topological polar surface area (TPSA) is 102 Å². The predicted molar refractivity (Wildman–Crippen MR) is 125 cm³/mol. The van der Waals surface area contributed by atoms with E-state index in [0.717, 1.165) is 38.5 Å². The van der Waals surface area contributed by atoms with E-state index in [4.69, 9.17) is 11.6 Å². The lowest BCUT2D eigenvalue weighted by atomic mass is 9.92. The summed E-state index contributed by atoms with van der Waals surface area (Å²) in [6, 6.07) is 0.319. The molecule has 9 nitrogen and oxygen atoms in total. The van der Waals surface area contributed by atoms with Gasteiger partial charge < -0.3 is 15.1 Å². The lowest BCUT2D eigenvalue weighted by molar-refractivity contribution is -0.155. The fourth-order valence-corrected chi connectivity index (χ4v) is 5.93. The van der Waals surface area contributed by atoms with E-state index in [1.54, 1.807) is 0 Å². The van der Waals surface area contributed by atoms with Crippen LogP contribution in [-0.4, -0.2) is 77.2 Å². The molecule has 188 valence electrons. The molecule has 1 aromatic rings. The third kappa shape index (κ3) is 5.44. The van der Waals surface area contributed by atoms with Gasteiger partial charge in [-0.15, -0.1) is 0 Å². The highest BCUT2D eigenvalue weighted by Crippen LogP contribution is 2.54. The van der Waals surface area contributed by atoms with Gasteiger partial charge in [-0.25, -0.2) is 14.4 Å². The van der Waals surface area contributed by atoms with Crippen molar-refractivity contribution in [3.8, 4) is 0 Å². The summed E-state index contributed by atoms with van der Waals surface area (Å²) in [5.41, 5.74) is 0.196. The Morgan fingerprint density at radius 2 is 2.06 bits per heavy atom. The third-order valence-electron chi connectivity index (χ3n) is 7.72. The Balaban J connectivity index is 1.45. The lowest BCUT2D eigenvalue weighted by Gasteiger charge is -2.24. The van der Waals surface area contributed by atoms with E-state index in [-0.39, 0.29) is 47.6 Å². The van der Waals surface area contributed by atoms with Crippen molar-refractivity contribution in [2.45, 2.75) is 57.5 Å². The summed E-state index contributed by atoms with van der Waals surface area (Å²) in [5.74, 6) is -0.974. The van der Waals surface area contributed by atoms with Crippen molar-refractivity contribution in [3.05, 3.63) is 16.8 Å². The summed E-state index contributed by atoms with van der Waals surface area (Å²) in [5, 5.41) is 12.8. The third-order valence-corrected chi connectivity index (χ3v) is 7.89. The first kappa shape index (κ1) is 25.1. The van der Waals surface area contributed by atoms with Crippen LogP contribution in [0, 0.1) is 23.1 Å². The van der Waals surface area contributed by atoms with Crippen LogP contribution in [0.25, 0.3) is 0 Å². The maximum absolute atomic E-state index is 15.5. The normalized spacial score (nSPS) is 22.4. The molecule has 1 spiro atoms. The summed E-state index contributed by atoms with van der Waals surface area (Å²) >= 11 is 6.15. The van der Waals surface area contributed by atoms with E-state index in [1.807, 2.05) is 19.0 Å². The first-order chi connectivity index (χ1) is 16.2. The number of carbonyl (C=O) groups is 2. The average molecular weight is 497 g/mol. The van der Waals surface area contributed by atoms with Crippen molar-refractivity contribution >= 4 is 29.7 Å². The standard InChI is InChI=1S/C23H34ClFN6O3/c1-29(2)18-12-30(13-23(18)7-8-23)20-19(25)17(27-22(24)28-20)10-26-21(33)16(11-31(34)14-32)9-15-5-3-4-6-15/h14-16,18,34H,3-13H2,1-2H3,(H,26,33)/t16-,18?/m1/s1. The van der Waals surface area contributed by atoms with E-state index in [9.17, 15) is 14.8 Å². The second-order valence-electron chi connectivity index (χ2n) is 10.3. The molecule has 1 aliphatic heterocycles. The summed E-state index contributed by atoms with van der Waals surface area (Å²) in [7, 11) is 4.08. The van der Waals surface area contributed by atoms with Gasteiger partial charge in [0.1, 0.15) is 5.69 Å². The molecule has 11 heteroatoms. The Morgan fingerprint density at radius 1 is 1.35 bits per heavy atom. The Hall–Kier alpha value is -2.04. The number of hydrogen-bond donors (Lipinski definition) is 2. The van der Waals surface area contributed by atoms with Crippen LogP contribution in [0.4, 0.5) is 10.2 Å². The highest BCUT2D eigenvalue weighted by Gasteiger charge is 2.56. The number of carbonyl (C=O) groups excluding carboxylic acids is 2. The molecule has 1 saturated heterocycles. The zero-order valence-corrected chi connectivity index (χ0v) is 20.6. The van der Waals surface area contributed by atoms with Gasteiger partial charge in [0.25, 0.3) is 0 Å². The van der Waals surface area contributed by atoms with Crippen molar-refractivity contribution in [3.63, 3.8) is 0 Å². The Morgan fingerprint density at radius 3 is 2.65 bits per heavy atom. The average Bonchev–Trinajstić information content (AvgIpc) is 3.19. The molecular weight excluding hydrogens is 463 g/mol. The summed E-state index contributed by atoms with van der Waals surface area (Å²) in [6.45, 7) is 1.12. The van der Waals surface area contributed by atoms with Crippen LogP contribution >= 0.6 is 11.6 Å². The maximum atomic E-state index is 15.5. The zero-order valence-electron chi connectivity index (χ0n) is 19.8. The van der Waals surface area contributed by atoms with Gasteiger partial charge in [-0.1, -0.05) is 25.7 Å². The van der Waals surface area contributed by atoms with Gasteiger partial charge >= 0.3 is 0 Å². The smallest absolute Gasteiger partial charge is 0.233 e. The predicted octanol–water partition coefficient (Wildman–Crippen LogP) is 2.46. The van der Waals surface area contributed by atoms with Crippen LogP contribution in [0.1, 0.15) is 50.6 Å². The second-order valence-corrected chi connectivity index (χ2v) is 10.7. The minimum atomic E-state index is -0.590. The summed E-state index contributed by atoms with van der Waals surface area (Å²) in [4.78, 5) is 36.2. The molecule has 2 aliphatic carbocycles. The largest absolute Gasteiger partial charge is 0.352 e. The van der Waals surface area contributed by atoms with Gasteiger partial charge in [0.2, 0.25) is 17.6 Å². The van der Waals surface area contributed by atoms with E-state index < -0.39 is 11.7 Å². The lowest BCUT2D eigenvalue weighted by Crippen LogP contribution is -2.38. The van der Waals surface area contributed by atoms with Crippen LogP contribution < -0.4 is 10.2 Å². The molecule has 34 heavy (non-hydrogen) atoms. The van der Waals surface area contributed by atoms with Crippen LogP contribution in [-0.2, 0) is 16.1 Å². The van der Waals surface area contributed by atoms with Crippen LogP contribution in [0.2, 0.25) is 5.28 Å². The molecule has 3 fully saturated rings. The van der Waals surface area contributed by atoms with Crippen molar-refractivity contribution in [1.29, 1.82) is 0 Å². The van der Waals surface area contributed by atoms with Crippen molar-refractivity contribution in [1.82, 2.24) is 25.2 Å². The van der Waals surface area contributed by atoms with Gasteiger partial charge in [-0.3, -0.25) is 14.8 Å². The van der Waals surface area contributed by atoms with Gasteiger partial charge in [-0.2, -0.15) is 4.98 Å². The van der Waals surface area contributed by atoms with Crippen LogP contribution in [0.3, 0.4) is 0 Å². The molecule has 0 radical (unpaired) electrons. The Kier molecular flexibility index (Phi) is 7.59. The minimum Gasteiger partial charge on any atom is -0.352 e. The molecule has 0 bridgehead atoms. The fraction of sp³-hybridized carbons (Fsp3) is 0.739. The van der Waals surface area contributed by atoms with E-state index in [2.05, 4.69) is 20.2 Å². The van der Waals surface area contributed by atoms with E-state index >= 15 is 4.39 Å². The molecule has 1 aromatic heterocycles. The number of likely N-dealkylation sites (N-methyl/N-ethyl adjacent to an activating group) is 1. The van der Waals surface area contributed by atoms with Crippen molar-refractivity contribution < 1.29 is 19.2 Å². The van der Waals surface area contributed by atoms with Gasteiger partial charge in [-0.05, 0) is 50.9 Å². The number of halogens is 2. The van der Waals surface area contributed by atoms with Crippen molar-refractivity contribution in [2.75, 3.05) is 38.6 Å². The first-order valence-corrected chi connectivity index (χ1v) is 12.4. The van der Waals surface area contributed by atoms with Gasteiger partial charge in [0.15, 0.2) is 11.6 Å². The van der Waals surface area contributed by atoms with E-state index in [0.29, 0.717) is 36.5 Å². The number of nitrogens with one attached hydrogen (secondary N) is 1. The minimum absolute atomic E-state index is 0.0253. The number of nitrogens with zero attached hydrogens (tertiary/aromatic N) is 5.